The maximum Gasteiger partial charge on any atom is 0.303 e. The molecule has 0 fully saturated rings. The molecule has 1 N–H and O–H groups in total. The number of hydrogen-bond acceptors (Lipinski definition) is 4. The second-order valence-electron chi connectivity index (χ2n) is 3.24. The molecule has 0 aliphatic carbocycles. The van der Waals surface area contributed by atoms with E-state index < -0.39 is 11.8 Å². The predicted octanol–water partition coefficient (Wildman–Crippen LogP) is 0.208. The van der Waals surface area contributed by atoms with Crippen molar-refractivity contribution in [2.45, 2.75) is 32.6 Å². The van der Waals surface area contributed by atoms with Crippen molar-refractivity contribution < 1.29 is 14.6 Å². The van der Waals surface area contributed by atoms with E-state index in [-0.39, 0.29) is 5.97 Å². The molecule has 0 aromatic rings. The first-order chi connectivity index (χ1) is 5.28. The van der Waals surface area contributed by atoms with Gasteiger partial charge in [0.05, 0.1) is 0 Å². The summed E-state index contributed by atoms with van der Waals surface area (Å²) in [7, 11) is 3.44. The van der Waals surface area contributed by atoms with Gasteiger partial charge in [-0.25, -0.2) is 0 Å². The van der Waals surface area contributed by atoms with Crippen molar-refractivity contribution in [3.05, 3.63) is 0 Å². The summed E-state index contributed by atoms with van der Waals surface area (Å²) in [5, 5.41) is 9.76. The van der Waals surface area contributed by atoms with Crippen molar-refractivity contribution >= 4 is 5.97 Å². The molecule has 0 radical (unpaired) electrons. The molecule has 0 aliphatic rings. The molecule has 2 unspecified atom stereocenters. The molecule has 0 rings (SSSR count). The number of likely N-dealkylation sites (N-methyl/N-ethyl adjacent to an activating group) is 1. The monoisotopic (exact) mass is 175 g/mol. The van der Waals surface area contributed by atoms with Gasteiger partial charge < -0.3 is 9.84 Å². The highest BCUT2D eigenvalue weighted by Gasteiger charge is 2.32. The molecule has 0 saturated carbocycles. The van der Waals surface area contributed by atoms with Crippen LogP contribution in [-0.4, -0.2) is 41.9 Å². The van der Waals surface area contributed by atoms with Gasteiger partial charge in [0, 0.05) is 6.92 Å². The first-order valence-electron chi connectivity index (χ1n) is 3.85. The Labute approximate surface area is 73.1 Å². The molecule has 0 saturated heterocycles. The lowest BCUT2D eigenvalue weighted by molar-refractivity contribution is -0.180. The quantitative estimate of drug-likeness (QED) is 0.492. The van der Waals surface area contributed by atoms with Gasteiger partial charge in [0.25, 0.3) is 0 Å². The first-order valence-corrected chi connectivity index (χ1v) is 3.85. The summed E-state index contributed by atoms with van der Waals surface area (Å²) in [4.78, 5) is 12.2. The molecule has 0 aliphatic heterocycles. The summed E-state index contributed by atoms with van der Waals surface area (Å²) < 4.78 is 4.85. The molecular weight excluding hydrogens is 158 g/mol. The Morgan fingerprint density at radius 3 is 2.25 bits per heavy atom. The van der Waals surface area contributed by atoms with Gasteiger partial charge in [-0.2, -0.15) is 0 Å². The first kappa shape index (κ1) is 11.4. The van der Waals surface area contributed by atoms with Crippen molar-refractivity contribution in [1.82, 2.24) is 4.90 Å². The van der Waals surface area contributed by atoms with Gasteiger partial charge in [-0.15, -0.1) is 0 Å². The number of esters is 1. The molecule has 0 heterocycles. The molecule has 12 heavy (non-hydrogen) atoms. The van der Waals surface area contributed by atoms with Crippen LogP contribution in [-0.2, 0) is 9.53 Å². The van der Waals surface area contributed by atoms with Crippen molar-refractivity contribution in [3.8, 4) is 0 Å². The van der Waals surface area contributed by atoms with Gasteiger partial charge in [0.2, 0.25) is 0 Å². The number of aliphatic hydroxyl groups is 1. The third kappa shape index (κ3) is 2.79. The van der Waals surface area contributed by atoms with Crippen LogP contribution in [0.4, 0.5) is 0 Å². The molecule has 4 nitrogen and oxygen atoms in total. The van der Waals surface area contributed by atoms with Gasteiger partial charge in [-0.3, -0.25) is 9.69 Å². The summed E-state index contributed by atoms with van der Waals surface area (Å²) in [5.74, 6) is -0.385. The van der Waals surface area contributed by atoms with Crippen molar-refractivity contribution in [3.63, 3.8) is 0 Å². The van der Waals surface area contributed by atoms with E-state index in [4.69, 9.17) is 4.74 Å². The van der Waals surface area contributed by atoms with Gasteiger partial charge >= 0.3 is 5.97 Å². The second-order valence-corrected chi connectivity index (χ2v) is 3.24. The summed E-state index contributed by atoms with van der Waals surface area (Å²) in [5.41, 5.74) is -1.12. The lowest BCUT2D eigenvalue weighted by Gasteiger charge is -2.35. The van der Waals surface area contributed by atoms with Crippen LogP contribution in [0.15, 0.2) is 0 Å². The molecule has 2 atom stereocenters. The fraction of sp³-hybridized carbons (Fsp3) is 0.875. The van der Waals surface area contributed by atoms with Crippen LogP contribution in [0.5, 0.6) is 0 Å². The van der Waals surface area contributed by atoms with Crippen LogP contribution >= 0.6 is 0 Å². The van der Waals surface area contributed by atoms with Gasteiger partial charge in [0.15, 0.2) is 5.72 Å². The summed E-state index contributed by atoms with van der Waals surface area (Å²) >= 11 is 0. The molecular formula is C8H17NO3. The van der Waals surface area contributed by atoms with Crippen LogP contribution in [0.25, 0.3) is 0 Å². The number of rotatable bonds is 3. The van der Waals surface area contributed by atoms with E-state index in [1.54, 1.807) is 32.8 Å². The highest BCUT2D eigenvalue weighted by atomic mass is 16.6. The Hall–Kier alpha value is -0.610. The largest absolute Gasteiger partial charge is 0.458 e. The van der Waals surface area contributed by atoms with E-state index in [2.05, 4.69) is 0 Å². The van der Waals surface area contributed by atoms with E-state index in [1.807, 2.05) is 0 Å². The Bertz CT molecular complexity index is 166. The van der Waals surface area contributed by atoms with Gasteiger partial charge in [-0.05, 0) is 27.9 Å². The second kappa shape index (κ2) is 3.87. The number of nitrogens with zero attached hydrogens (tertiary/aromatic N) is 1. The molecule has 0 bridgehead atoms. The fourth-order valence-electron chi connectivity index (χ4n) is 0.724. The summed E-state index contributed by atoms with van der Waals surface area (Å²) in [6.07, 6.45) is -0.537. The minimum atomic E-state index is -1.12. The normalized spacial score (nSPS) is 18.6. The van der Waals surface area contributed by atoms with Crippen LogP contribution < -0.4 is 0 Å². The minimum absolute atomic E-state index is 0.385. The predicted molar refractivity (Wildman–Crippen MR) is 45.5 cm³/mol. The Balaban J connectivity index is 4.24. The fourth-order valence-corrected chi connectivity index (χ4v) is 0.724. The molecule has 0 amide bonds. The number of carbonyl (C=O) groups excluding carboxylic acids is 1. The molecule has 72 valence electrons. The van der Waals surface area contributed by atoms with Crippen LogP contribution in [0, 0.1) is 0 Å². The zero-order valence-electron chi connectivity index (χ0n) is 8.29. The Morgan fingerprint density at radius 1 is 1.58 bits per heavy atom. The van der Waals surface area contributed by atoms with Crippen LogP contribution in [0.1, 0.15) is 20.8 Å². The smallest absolute Gasteiger partial charge is 0.303 e. The Kier molecular flexibility index (Phi) is 3.67. The standard InChI is InChI=1S/C8H17NO3/c1-6(12-7(2)10)8(3,11)9(4)5/h6,11H,1-5H3. The van der Waals surface area contributed by atoms with E-state index in [1.165, 1.54) is 6.92 Å². The topological polar surface area (TPSA) is 49.8 Å². The maximum atomic E-state index is 10.6. The highest BCUT2D eigenvalue weighted by molar-refractivity contribution is 5.66. The molecule has 0 spiro atoms. The van der Waals surface area contributed by atoms with E-state index in [0.717, 1.165) is 0 Å². The highest BCUT2D eigenvalue weighted by Crippen LogP contribution is 2.15. The van der Waals surface area contributed by atoms with Crippen LogP contribution in [0.3, 0.4) is 0 Å². The van der Waals surface area contributed by atoms with E-state index in [0.29, 0.717) is 0 Å². The van der Waals surface area contributed by atoms with Crippen molar-refractivity contribution in [2.24, 2.45) is 0 Å². The zero-order valence-corrected chi connectivity index (χ0v) is 8.29. The third-order valence-electron chi connectivity index (χ3n) is 2.02. The lowest BCUT2D eigenvalue weighted by Crippen LogP contribution is -2.51. The maximum absolute atomic E-state index is 10.6. The van der Waals surface area contributed by atoms with Gasteiger partial charge in [0.1, 0.15) is 6.10 Å². The van der Waals surface area contributed by atoms with E-state index in [9.17, 15) is 9.90 Å². The van der Waals surface area contributed by atoms with Crippen LogP contribution in [0.2, 0.25) is 0 Å². The average molecular weight is 175 g/mol. The average Bonchev–Trinajstić information content (AvgIpc) is 1.85. The van der Waals surface area contributed by atoms with Crippen molar-refractivity contribution in [2.75, 3.05) is 14.1 Å². The summed E-state index contributed by atoms with van der Waals surface area (Å²) in [6, 6.07) is 0. The molecule has 0 aromatic heterocycles. The zero-order chi connectivity index (χ0) is 9.94. The molecule has 0 aromatic carbocycles. The minimum Gasteiger partial charge on any atom is -0.458 e. The number of hydrogen-bond donors (Lipinski definition) is 1. The van der Waals surface area contributed by atoms with Gasteiger partial charge in [-0.1, -0.05) is 0 Å². The Morgan fingerprint density at radius 2 is 2.00 bits per heavy atom. The molecule has 4 heteroatoms. The summed E-state index contributed by atoms with van der Waals surface area (Å²) in [6.45, 7) is 4.57. The third-order valence-corrected chi connectivity index (χ3v) is 2.02. The van der Waals surface area contributed by atoms with E-state index >= 15 is 0 Å². The number of carbonyl (C=O) groups is 1. The number of ether oxygens (including phenoxy) is 1. The SMILES string of the molecule is CC(=O)OC(C)C(C)(O)N(C)C. The van der Waals surface area contributed by atoms with Crippen molar-refractivity contribution in [1.29, 1.82) is 0 Å². The lowest BCUT2D eigenvalue weighted by atomic mass is 10.1.